The molecule has 3 aromatic rings. The number of thioether (sulfide) groups is 1. The van der Waals surface area contributed by atoms with E-state index in [1.54, 1.807) is 55.7 Å². The molecule has 1 amide bonds. The summed E-state index contributed by atoms with van der Waals surface area (Å²) >= 11 is 1.16. The van der Waals surface area contributed by atoms with Gasteiger partial charge >= 0.3 is 0 Å². The van der Waals surface area contributed by atoms with Gasteiger partial charge in [-0.3, -0.25) is 14.9 Å². The predicted octanol–water partition coefficient (Wildman–Crippen LogP) is 4.76. The molecule has 162 valence electrons. The molecule has 1 fully saturated rings. The van der Waals surface area contributed by atoms with Crippen LogP contribution in [0, 0.1) is 10.1 Å². The molecule has 10 heteroatoms. The van der Waals surface area contributed by atoms with Gasteiger partial charge in [-0.15, -0.1) is 0 Å². The molecule has 0 saturated carbocycles. The maximum atomic E-state index is 12.4. The van der Waals surface area contributed by atoms with E-state index in [4.69, 9.17) is 13.9 Å². The monoisotopic (exact) mass is 451 g/mol. The molecule has 4 rings (SSSR count). The Morgan fingerprint density at radius 3 is 2.72 bits per heavy atom. The number of benzene rings is 2. The van der Waals surface area contributed by atoms with Crippen molar-refractivity contribution in [1.29, 1.82) is 0 Å². The summed E-state index contributed by atoms with van der Waals surface area (Å²) in [7, 11) is 3.09. The summed E-state index contributed by atoms with van der Waals surface area (Å²) < 4.78 is 16.3. The van der Waals surface area contributed by atoms with Gasteiger partial charge in [0.1, 0.15) is 28.7 Å². The Labute approximate surface area is 186 Å². The number of carbonyl (C=O) groups is 1. The fourth-order valence-corrected chi connectivity index (χ4v) is 3.77. The van der Waals surface area contributed by atoms with Crippen LogP contribution in [0.4, 0.5) is 11.4 Å². The molecule has 0 atom stereocenters. The van der Waals surface area contributed by atoms with Crippen molar-refractivity contribution in [3.63, 3.8) is 0 Å². The minimum absolute atomic E-state index is 0.0284. The summed E-state index contributed by atoms with van der Waals surface area (Å²) in [6.07, 6.45) is 1.59. The molecule has 2 aromatic carbocycles. The van der Waals surface area contributed by atoms with Crippen LogP contribution in [0.2, 0.25) is 0 Å². The van der Waals surface area contributed by atoms with Crippen LogP contribution in [0.25, 0.3) is 17.4 Å². The van der Waals surface area contributed by atoms with Crippen molar-refractivity contribution in [3.8, 4) is 22.8 Å². The summed E-state index contributed by atoms with van der Waals surface area (Å²) in [6, 6.07) is 14.7. The Kier molecular flexibility index (Phi) is 5.95. The highest BCUT2D eigenvalue weighted by Gasteiger charge is 2.25. The Bertz CT molecular complexity index is 1260. The van der Waals surface area contributed by atoms with E-state index in [2.05, 4.69) is 10.3 Å². The minimum Gasteiger partial charge on any atom is -0.497 e. The highest BCUT2D eigenvalue weighted by Crippen LogP contribution is 2.35. The smallest absolute Gasteiger partial charge is 0.270 e. The number of nitro benzene ring substituents is 1. The van der Waals surface area contributed by atoms with Crippen molar-refractivity contribution in [2.75, 3.05) is 14.2 Å². The maximum Gasteiger partial charge on any atom is 0.270 e. The van der Waals surface area contributed by atoms with Crippen LogP contribution in [0.3, 0.4) is 0 Å². The average molecular weight is 451 g/mol. The third-order valence-corrected chi connectivity index (χ3v) is 5.41. The molecule has 0 unspecified atom stereocenters. The molecule has 2 heterocycles. The molecule has 9 nitrogen and oxygen atoms in total. The number of ether oxygens (including phenoxy) is 2. The second-order valence-corrected chi connectivity index (χ2v) is 7.56. The molecule has 1 aromatic heterocycles. The van der Waals surface area contributed by atoms with Crippen LogP contribution in [0.15, 0.2) is 68.9 Å². The molecule has 0 aliphatic carbocycles. The highest BCUT2D eigenvalue weighted by atomic mass is 32.2. The topological polar surface area (TPSA) is 116 Å². The van der Waals surface area contributed by atoms with Crippen molar-refractivity contribution in [1.82, 2.24) is 5.32 Å². The second kappa shape index (κ2) is 8.98. The third kappa shape index (κ3) is 4.49. The van der Waals surface area contributed by atoms with Crippen LogP contribution in [0.5, 0.6) is 11.5 Å². The van der Waals surface area contributed by atoms with Crippen molar-refractivity contribution in [2.45, 2.75) is 0 Å². The number of nitrogens with one attached hydrogen (secondary N) is 1. The standard InChI is InChI=1S/C22H17N3O6S/c1-29-15-6-8-17(19(11-15)30-2)23-22-24-21(26)20(32-22)12-16-7-9-18(31-16)13-4-3-5-14(10-13)25(27)28/h3-12H,1-2H3,(H,23,24,26)/b20-12+. The number of aliphatic imine (C=N–C) groups is 1. The van der Waals surface area contributed by atoms with Gasteiger partial charge < -0.3 is 19.2 Å². The lowest BCUT2D eigenvalue weighted by Gasteiger charge is -2.07. The molecule has 0 radical (unpaired) electrons. The largest absolute Gasteiger partial charge is 0.497 e. The first-order chi connectivity index (χ1) is 15.5. The Hall–Kier alpha value is -4.05. The number of furan rings is 1. The van der Waals surface area contributed by atoms with Gasteiger partial charge in [-0.2, -0.15) is 0 Å². The number of hydrogen-bond acceptors (Lipinski definition) is 8. The van der Waals surface area contributed by atoms with E-state index >= 15 is 0 Å². The van der Waals surface area contributed by atoms with Crippen molar-refractivity contribution >= 4 is 40.3 Å². The molecular weight excluding hydrogens is 434 g/mol. The van der Waals surface area contributed by atoms with Crippen molar-refractivity contribution < 1.29 is 23.6 Å². The van der Waals surface area contributed by atoms with Gasteiger partial charge in [-0.1, -0.05) is 12.1 Å². The summed E-state index contributed by atoms with van der Waals surface area (Å²) in [5.74, 6) is 1.73. The SMILES string of the molecule is COc1ccc(N=C2NC(=O)/C(=C\c3ccc(-c4cccc([N+](=O)[O-])c4)o3)S2)c(OC)c1. The molecule has 0 spiro atoms. The number of nitro groups is 1. The third-order valence-electron chi connectivity index (χ3n) is 4.50. The number of non-ortho nitro benzene ring substituents is 1. The molecule has 1 N–H and O–H groups in total. The predicted molar refractivity (Wildman–Crippen MR) is 121 cm³/mol. The average Bonchev–Trinajstić information content (AvgIpc) is 3.40. The number of rotatable bonds is 6. The van der Waals surface area contributed by atoms with E-state index in [-0.39, 0.29) is 11.6 Å². The van der Waals surface area contributed by atoms with Gasteiger partial charge in [0.15, 0.2) is 5.17 Å². The minimum atomic E-state index is -0.465. The molecule has 1 aliphatic heterocycles. The maximum absolute atomic E-state index is 12.4. The number of nitrogens with zero attached hydrogens (tertiary/aromatic N) is 2. The summed E-state index contributed by atoms with van der Waals surface area (Å²) in [5.41, 5.74) is 1.09. The lowest BCUT2D eigenvalue weighted by molar-refractivity contribution is -0.384. The first kappa shape index (κ1) is 21.2. The van der Waals surface area contributed by atoms with Crippen LogP contribution in [0.1, 0.15) is 5.76 Å². The van der Waals surface area contributed by atoms with Gasteiger partial charge in [0.2, 0.25) is 0 Å². The van der Waals surface area contributed by atoms with E-state index in [1.807, 2.05) is 0 Å². The number of hydrogen-bond donors (Lipinski definition) is 1. The molecule has 1 saturated heterocycles. The van der Waals surface area contributed by atoms with Gasteiger partial charge in [0, 0.05) is 29.8 Å². The Balaban J connectivity index is 1.55. The lowest BCUT2D eigenvalue weighted by atomic mass is 10.1. The molecule has 1 aliphatic rings. The van der Waals surface area contributed by atoms with Crippen LogP contribution >= 0.6 is 11.8 Å². The molecule has 0 bridgehead atoms. The second-order valence-electron chi connectivity index (χ2n) is 6.53. The zero-order chi connectivity index (χ0) is 22.7. The van der Waals surface area contributed by atoms with Gasteiger partial charge in [0.25, 0.3) is 11.6 Å². The van der Waals surface area contributed by atoms with E-state index in [9.17, 15) is 14.9 Å². The summed E-state index contributed by atoms with van der Waals surface area (Å²) in [6.45, 7) is 0. The number of amidine groups is 1. The molecule has 32 heavy (non-hydrogen) atoms. The zero-order valence-electron chi connectivity index (χ0n) is 17.0. The fourth-order valence-electron chi connectivity index (χ4n) is 2.95. The normalized spacial score (nSPS) is 15.8. The van der Waals surface area contributed by atoms with Crippen molar-refractivity contribution in [3.05, 3.63) is 75.4 Å². The lowest BCUT2D eigenvalue weighted by Crippen LogP contribution is -2.19. The highest BCUT2D eigenvalue weighted by molar-refractivity contribution is 8.18. The number of carbonyl (C=O) groups excluding carboxylic acids is 1. The van der Waals surface area contributed by atoms with E-state index in [1.165, 1.54) is 19.2 Å². The van der Waals surface area contributed by atoms with E-state index in [0.717, 1.165) is 11.8 Å². The van der Waals surface area contributed by atoms with E-state index < -0.39 is 4.92 Å². The van der Waals surface area contributed by atoms with E-state index in [0.29, 0.717) is 44.3 Å². The van der Waals surface area contributed by atoms with Crippen molar-refractivity contribution in [2.24, 2.45) is 4.99 Å². The Morgan fingerprint density at radius 2 is 1.97 bits per heavy atom. The van der Waals surface area contributed by atoms with Crippen LogP contribution in [-0.4, -0.2) is 30.2 Å². The van der Waals surface area contributed by atoms with Gasteiger partial charge in [-0.25, -0.2) is 4.99 Å². The number of amides is 1. The first-order valence-corrected chi connectivity index (χ1v) is 10.1. The zero-order valence-corrected chi connectivity index (χ0v) is 17.8. The quantitative estimate of drug-likeness (QED) is 0.326. The van der Waals surface area contributed by atoms with Gasteiger partial charge in [0.05, 0.1) is 24.0 Å². The summed E-state index contributed by atoms with van der Waals surface area (Å²) in [5, 5.41) is 14.1. The number of methoxy groups -OCH3 is 2. The fraction of sp³-hybridized carbons (Fsp3) is 0.0909. The molecular formula is C22H17N3O6S. The first-order valence-electron chi connectivity index (χ1n) is 9.33. The summed E-state index contributed by atoms with van der Waals surface area (Å²) in [4.78, 5) is 27.8. The van der Waals surface area contributed by atoms with Crippen LogP contribution < -0.4 is 14.8 Å². The van der Waals surface area contributed by atoms with Crippen LogP contribution in [-0.2, 0) is 4.79 Å². The van der Waals surface area contributed by atoms with Gasteiger partial charge in [-0.05, 0) is 36.0 Å². The Morgan fingerprint density at radius 1 is 1.12 bits per heavy atom.